The number of aromatic nitrogens is 1. The van der Waals surface area contributed by atoms with E-state index in [2.05, 4.69) is 48.3 Å². The van der Waals surface area contributed by atoms with Gasteiger partial charge in [-0.25, -0.2) is 9.98 Å². The van der Waals surface area contributed by atoms with Crippen LogP contribution in [0.5, 0.6) is 0 Å². The Kier molecular flexibility index (Phi) is 8.36. The number of guanidine groups is 1. The SMILES string of the molecule is CCNC(=NCc1ncc(C(C)(C)C)o1)NC1CCCCC1.I. The number of rotatable bonds is 4. The monoisotopic (exact) mass is 434 g/mol. The molecule has 0 bridgehead atoms. The van der Waals surface area contributed by atoms with Crippen LogP contribution < -0.4 is 10.6 Å². The van der Waals surface area contributed by atoms with Crippen molar-refractivity contribution in [1.82, 2.24) is 15.6 Å². The summed E-state index contributed by atoms with van der Waals surface area (Å²) >= 11 is 0. The summed E-state index contributed by atoms with van der Waals surface area (Å²) in [7, 11) is 0. The molecule has 0 aliphatic heterocycles. The van der Waals surface area contributed by atoms with E-state index in [-0.39, 0.29) is 29.4 Å². The van der Waals surface area contributed by atoms with Crippen LogP contribution >= 0.6 is 24.0 Å². The second-order valence-electron chi connectivity index (χ2n) is 7.04. The molecule has 0 atom stereocenters. The number of halogens is 1. The third-order valence-corrected chi connectivity index (χ3v) is 3.96. The lowest BCUT2D eigenvalue weighted by Crippen LogP contribution is -2.44. The normalized spacial score (nSPS) is 16.8. The highest BCUT2D eigenvalue weighted by Crippen LogP contribution is 2.22. The van der Waals surface area contributed by atoms with Crippen molar-refractivity contribution in [3.05, 3.63) is 17.8 Å². The molecule has 5 nitrogen and oxygen atoms in total. The molecule has 0 aromatic carbocycles. The van der Waals surface area contributed by atoms with Crippen LogP contribution in [0.1, 0.15) is 71.5 Å². The van der Waals surface area contributed by atoms with E-state index < -0.39 is 0 Å². The Labute approximate surface area is 157 Å². The standard InChI is InChI=1S/C17H30N4O.HI/c1-5-18-16(21-13-9-7-6-8-10-13)20-12-15-19-11-14(22-15)17(2,3)4;/h11,13H,5-10,12H2,1-4H3,(H2,18,20,21);1H. The number of nitrogens with zero attached hydrogens (tertiary/aromatic N) is 2. The van der Waals surface area contributed by atoms with Gasteiger partial charge < -0.3 is 15.1 Å². The zero-order chi connectivity index (χ0) is 16.0. The Balaban J connectivity index is 0.00000264. The molecule has 132 valence electrons. The molecule has 2 rings (SSSR count). The van der Waals surface area contributed by atoms with Gasteiger partial charge in [-0.1, -0.05) is 40.0 Å². The van der Waals surface area contributed by atoms with E-state index in [1.54, 1.807) is 0 Å². The Morgan fingerprint density at radius 1 is 1.30 bits per heavy atom. The molecule has 1 aromatic rings. The number of nitrogens with one attached hydrogen (secondary N) is 2. The van der Waals surface area contributed by atoms with Crippen LogP contribution in [0, 0.1) is 0 Å². The smallest absolute Gasteiger partial charge is 0.216 e. The summed E-state index contributed by atoms with van der Waals surface area (Å²) in [6, 6.07) is 0.543. The van der Waals surface area contributed by atoms with E-state index >= 15 is 0 Å². The van der Waals surface area contributed by atoms with E-state index in [0.717, 1.165) is 18.3 Å². The van der Waals surface area contributed by atoms with E-state index in [9.17, 15) is 0 Å². The predicted octanol–water partition coefficient (Wildman–Crippen LogP) is 3.98. The summed E-state index contributed by atoms with van der Waals surface area (Å²) in [5.41, 5.74) is -0.0141. The summed E-state index contributed by atoms with van der Waals surface area (Å²) in [5, 5.41) is 6.84. The van der Waals surface area contributed by atoms with Crippen molar-refractivity contribution in [2.24, 2.45) is 4.99 Å². The average molecular weight is 434 g/mol. The third-order valence-electron chi connectivity index (χ3n) is 3.96. The van der Waals surface area contributed by atoms with Gasteiger partial charge in [-0.2, -0.15) is 0 Å². The number of hydrogen-bond acceptors (Lipinski definition) is 3. The molecule has 1 aliphatic carbocycles. The van der Waals surface area contributed by atoms with Crippen molar-refractivity contribution in [3.63, 3.8) is 0 Å². The highest BCUT2D eigenvalue weighted by Gasteiger charge is 2.19. The Bertz CT molecular complexity index is 487. The maximum atomic E-state index is 5.79. The molecule has 0 amide bonds. The first kappa shape index (κ1) is 20.3. The maximum Gasteiger partial charge on any atom is 0.216 e. The largest absolute Gasteiger partial charge is 0.443 e. The van der Waals surface area contributed by atoms with Crippen LogP contribution in [0.25, 0.3) is 0 Å². The van der Waals surface area contributed by atoms with Crippen molar-refractivity contribution < 1.29 is 4.42 Å². The van der Waals surface area contributed by atoms with Crippen molar-refractivity contribution in [1.29, 1.82) is 0 Å². The second-order valence-corrected chi connectivity index (χ2v) is 7.04. The molecule has 6 heteroatoms. The summed E-state index contributed by atoms with van der Waals surface area (Å²) in [5.74, 6) is 2.44. The quantitative estimate of drug-likeness (QED) is 0.428. The average Bonchev–Trinajstić information content (AvgIpc) is 2.95. The minimum atomic E-state index is -0.0141. The van der Waals surface area contributed by atoms with Gasteiger partial charge in [0.25, 0.3) is 0 Å². The fourth-order valence-electron chi connectivity index (χ4n) is 2.64. The first-order valence-electron chi connectivity index (χ1n) is 8.49. The highest BCUT2D eigenvalue weighted by molar-refractivity contribution is 14.0. The second kappa shape index (κ2) is 9.49. The van der Waals surface area contributed by atoms with Gasteiger partial charge in [-0.15, -0.1) is 24.0 Å². The Morgan fingerprint density at radius 3 is 2.57 bits per heavy atom. The lowest BCUT2D eigenvalue weighted by Gasteiger charge is -2.24. The fourth-order valence-corrected chi connectivity index (χ4v) is 2.64. The van der Waals surface area contributed by atoms with Gasteiger partial charge in [0.1, 0.15) is 12.3 Å². The van der Waals surface area contributed by atoms with Gasteiger partial charge in [0.05, 0.1) is 6.20 Å². The van der Waals surface area contributed by atoms with Gasteiger partial charge in [0.2, 0.25) is 5.89 Å². The van der Waals surface area contributed by atoms with Crippen LogP contribution in [0.3, 0.4) is 0 Å². The topological polar surface area (TPSA) is 62.5 Å². The molecule has 1 heterocycles. The number of hydrogen-bond donors (Lipinski definition) is 2. The zero-order valence-corrected chi connectivity index (χ0v) is 17.1. The van der Waals surface area contributed by atoms with E-state index in [1.807, 2.05) is 6.20 Å². The van der Waals surface area contributed by atoms with Crippen LogP contribution in [0.2, 0.25) is 0 Å². The lowest BCUT2D eigenvalue weighted by molar-refractivity contribution is 0.382. The van der Waals surface area contributed by atoms with Gasteiger partial charge in [0, 0.05) is 18.0 Å². The fraction of sp³-hybridized carbons (Fsp3) is 0.765. The van der Waals surface area contributed by atoms with Crippen molar-refractivity contribution in [2.75, 3.05) is 6.54 Å². The zero-order valence-electron chi connectivity index (χ0n) is 14.8. The van der Waals surface area contributed by atoms with Gasteiger partial charge in [-0.3, -0.25) is 0 Å². The Hall–Kier alpha value is -0.790. The Morgan fingerprint density at radius 2 is 2.00 bits per heavy atom. The van der Waals surface area contributed by atoms with Gasteiger partial charge in [0.15, 0.2) is 5.96 Å². The van der Waals surface area contributed by atoms with Crippen molar-refractivity contribution in [2.45, 2.75) is 77.8 Å². The molecule has 1 aliphatic rings. The van der Waals surface area contributed by atoms with Crippen molar-refractivity contribution in [3.8, 4) is 0 Å². The molecular formula is C17H31IN4O. The first-order valence-corrected chi connectivity index (χ1v) is 8.49. The molecule has 23 heavy (non-hydrogen) atoms. The molecule has 1 saturated carbocycles. The molecule has 0 unspecified atom stereocenters. The van der Waals surface area contributed by atoms with Gasteiger partial charge >= 0.3 is 0 Å². The third kappa shape index (κ3) is 6.69. The molecule has 1 aromatic heterocycles. The van der Waals surface area contributed by atoms with Crippen LogP contribution in [0.15, 0.2) is 15.6 Å². The summed E-state index contributed by atoms with van der Waals surface area (Å²) in [6.07, 6.45) is 8.26. The van der Waals surface area contributed by atoms with Crippen molar-refractivity contribution >= 4 is 29.9 Å². The van der Waals surface area contributed by atoms with Gasteiger partial charge in [-0.05, 0) is 19.8 Å². The molecule has 0 spiro atoms. The molecule has 0 radical (unpaired) electrons. The van der Waals surface area contributed by atoms with Crippen LogP contribution in [-0.4, -0.2) is 23.5 Å². The minimum Gasteiger partial charge on any atom is -0.443 e. The summed E-state index contributed by atoms with van der Waals surface area (Å²) in [4.78, 5) is 8.94. The summed E-state index contributed by atoms with van der Waals surface area (Å²) in [6.45, 7) is 9.77. The maximum absolute atomic E-state index is 5.79. The highest BCUT2D eigenvalue weighted by atomic mass is 127. The van der Waals surface area contributed by atoms with E-state index in [4.69, 9.17) is 4.42 Å². The molecule has 0 saturated heterocycles. The minimum absolute atomic E-state index is 0. The van der Waals surface area contributed by atoms with Crippen LogP contribution in [0.4, 0.5) is 0 Å². The first-order chi connectivity index (χ1) is 10.5. The predicted molar refractivity (Wildman–Crippen MR) is 105 cm³/mol. The number of aliphatic imine (C=N–C) groups is 1. The van der Waals surface area contributed by atoms with E-state index in [0.29, 0.717) is 18.5 Å². The molecule has 1 fully saturated rings. The lowest BCUT2D eigenvalue weighted by atomic mass is 9.94. The van der Waals surface area contributed by atoms with Crippen LogP contribution in [-0.2, 0) is 12.0 Å². The number of oxazole rings is 1. The van der Waals surface area contributed by atoms with E-state index in [1.165, 1.54) is 32.1 Å². The summed E-state index contributed by atoms with van der Waals surface area (Å²) < 4.78 is 5.79. The molecular weight excluding hydrogens is 403 g/mol. The molecule has 2 N–H and O–H groups in total.